The lowest BCUT2D eigenvalue weighted by Gasteiger charge is -2.40. The van der Waals surface area contributed by atoms with E-state index < -0.39 is 104 Å². The molecule has 1 saturated heterocycles. The first kappa shape index (κ1) is 41.0. The number of ether oxygens (including phenoxy) is 1. The Kier molecular flexibility index (Phi) is 12.2. The minimum Gasteiger partial charge on any atom is -0.408 e. The van der Waals surface area contributed by atoms with Gasteiger partial charge in [0.1, 0.15) is 18.3 Å². The van der Waals surface area contributed by atoms with Crippen LogP contribution in [-0.2, 0) is 41.3 Å². The van der Waals surface area contributed by atoms with Crippen LogP contribution in [0.3, 0.4) is 0 Å². The molecule has 8 N–H and O–H groups in total. The highest BCUT2D eigenvalue weighted by Crippen LogP contribution is 2.59. The van der Waals surface area contributed by atoms with Gasteiger partial charge in [-0.1, -0.05) is 34.6 Å². The molecule has 3 heterocycles. The van der Waals surface area contributed by atoms with Crippen LogP contribution in [0.5, 0.6) is 0 Å². The number of carbonyl (C=O) groups excluding carboxylic acids is 1. The molecule has 26 heteroatoms. The number of hydrogen-bond donors (Lipinski definition) is 8. The summed E-state index contributed by atoms with van der Waals surface area (Å²) in [6, 6.07) is 0. The summed E-state index contributed by atoms with van der Waals surface area (Å²) in [5.74, 6) is -4.47. The van der Waals surface area contributed by atoms with Gasteiger partial charge in [-0.05, 0) is 18.1 Å². The van der Waals surface area contributed by atoms with E-state index in [1.165, 1.54) is 0 Å². The Morgan fingerprint density at radius 3 is 2.12 bits per heavy atom. The van der Waals surface area contributed by atoms with Crippen LogP contribution in [0, 0.1) is 5.92 Å². The molecule has 0 spiro atoms. The first-order valence-electron chi connectivity index (χ1n) is 14.2. The maximum absolute atomic E-state index is 13.1. The molecule has 274 valence electrons. The average molecular weight is 784 g/mol. The smallest absolute Gasteiger partial charge is 0.340 e. The van der Waals surface area contributed by atoms with Crippen molar-refractivity contribution in [2.75, 3.05) is 23.7 Å². The number of aromatic nitrogens is 4. The Labute approximate surface area is 275 Å². The van der Waals surface area contributed by atoms with E-state index in [0.717, 1.165) is 10.9 Å². The molecule has 0 aliphatic carbocycles. The number of fused-ring (bicyclic) bond motifs is 1. The highest BCUT2D eigenvalue weighted by atomic mass is 31.2. The maximum Gasteiger partial charge on any atom is 0.340 e. The van der Waals surface area contributed by atoms with Crippen molar-refractivity contribution in [1.29, 1.82) is 0 Å². The lowest BCUT2D eigenvalue weighted by Crippen LogP contribution is -2.50. The fraction of sp³-hybridized carbons (Fsp3) is 0.727. The number of carbonyl (C=O) groups is 1. The number of anilines is 1. The zero-order valence-electron chi connectivity index (χ0n) is 27.0. The first-order chi connectivity index (χ1) is 21.5. The first-order valence-corrected chi connectivity index (χ1v) is 24.2. The van der Waals surface area contributed by atoms with E-state index in [4.69, 9.17) is 18.2 Å². The van der Waals surface area contributed by atoms with Crippen LogP contribution < -0.4 is 10.9 Å². The number of aromatic amines is 1. The third-order valence-corrected chi connectivity index (χ3v) is 18.9. The van der Waals surface area contributed by atoms with Crippen molar-refractivity contribution in [3.8, 4) is 0 Å². The second-order valence-corrected chi connectivity index (χ2v) is 25.7. The van der Waals surface area contributed by atoms with Crippen molar-refractivity contribution in [2.45, 2.75) is 77.3 Å². The Hall–Kier alpha value is -1.44. The average Bonchev–Trinajstić information content (AvgIpc) is 3.40. The van der Waals surface area contributed by atoms with E-state index in [2.05, 4.69) is 20.3 Å². The number of nitrogens with one attached hydrogen (secondary N) is 2. The topological polar surface area (TPSA) is 319 Å². The summed E-state index contributed by atoms with van der Waals surface area (Å²) >= 11 is 0. The van der Waals surface area contributed by atoms with E-state index in [1.807, 2.05) is 20.8 Å². The molecular formula is C22H41N5O16P4Si. The van der Waals surface area contributed by atoms with Gasteiger partial charge in [-0.15, -0.1) is 0 Å². The molecule has 2 aromatic rings. The van der Waals surface area contributed by atoms with E-state index in [1.54, 1.807) is 26.9 Å². The number of amides is 1. The molecule has 6 atom stereocenters. The van der Waals surface area contributed by atoms with E-state index in [9.17, 15) is 57.2 Å². The minimum atomic E-state index is -5.20. The lowest BCUT2D eigenvalue weighted by molar-refractivity contribution is -0.118. The minimum absolute atomic E-state index is 0.249. The zero-order chi connectivity index (χ0) is 36.8. The molecule has 48 heavy (non-hydrogen) atoms. The van der Waals surface area contributed by atoms with Crippen molar-refractivity contribution in [3.63, 3.8) is 0 Å². The number of imidazole rings is 1. The van der Waals surface area contributed by atoms with Crippen LogP contribution in [0.25, 0.3) is 11.2 Å². The van der Waals surface area contributed by atoms with E-state index >= 15 is 0 Å². The Morgan fingerprint density at radius 1 is 1.04 bits per heavy atom. The van der Waals surface area contributed by atoms with Crippen LogP contribution in [0.1, 0.15) is 40.8 Å². The highest BCUT2D eigenvalue weighted by Gasteiger charge is 2.55. The van der Waals surface area contributed by atoms with Gasteiger partial charge in [0.05, 0.1) is 12.9 Å². The molecule has 1 amide bonds. The van der Waals surface area contributed by atoms with Gasteiger partial charge in [-0.25, -0.2) is 4.98 Å². The zero-order valence-corrected chi connectivity index (χ0v) is 31.6. The predicted octanol–water partition coefficient (Wildman–Crippen LogP) is 2.04. The highest BCUT2D eigenvalue weighted by molar-refractivity contribution is 7.70. The van der Waals surface area contributed by atoms with Crippen LogP contribution in [0.15, 0.2) is 11.1 Å². The number of hydrogen-bond acceptors (Lipinski definition) is 12. The molecule has 0 aromatic carbocycles. The summed E-state index contributed by atoms with van der Waals surface area (Å²) < 4.78 is 73.0. The second kappa shape index (κ2) is 14.3. The molecule has 1 aliphatic heterocycles. The standard InChI is InChI=1S/C22H41N5O16P4Si/c1-12(2)18(28)25-21-24-17-14(19(29)26-21)23-9-27(17)20-16(42-47(38,39)11-45(33,34)35)15(43-48(6,7)22(3,4)5)13(41-20)8-40-46(36,37)10-44(30,31)32/h9,12-13,15-16,20H,8,10-11H2,1-7H3,(H,36,37)(H,38,39)(H2,30,31,32)(H2,33,34,35)(H2,24,25,26,28,29). The van der Waals surface area contributed by atoms with E-state index in [-0.39, 0.29) is 17.1 Å². The third-order valence-electron chi connectivity index (χ3n) is 7.45. The van der Waals surface area contributed by atoms with Gasteiger partial charge in [0.2, 0.25) is 11.9 Å². The molecular weight excluding hydrogens is 742 g/mol. The fourth-order valence-corrected chi connectivity index (χ4v) is 10.8. The summed E-state index contributed by atoms with van der Waals surface area (Å²) in [6.07, 6.45) is -5.39. The number of H-pyrrole nitrogens is 1. The van der Waals surface area contributed by atoms with Gasteiger partial charge in [-0.2, -0.15) is 4.98 Å². The molecule has 1 aliphatic rings. The van der Waals surface area contributed by atoms with E-state index in [0.29, 0.717) is 0 Å². The predicted molar refractivity (Wildman–Crippen MR) is 172 cm³/mol. The van der Waals surface area contributed by atoms with Crippen molar-refractivity contribution in [3.05, 3.63) is 16.7 Å². The molecule has 0 saturated carbocycles. The second-order valence-electron chi connectivity index (χ2n) is 13.0. The van der Waals surface area contributed by atoms with Crippen LogP contribution in [-0.4, -0.2) is 99.8 Å². The molecule has 0 radical (unpaired) electrons. The van der Waals surface area contributed by atoms with Crippen molar-refractivity contribution in [1.82, 2.24) is 19.5 Å². The molecule has 0 bridgehead atoms. The Bertz CT molecular complexity index is 1760. The largest absolute Gasteiger partial charge is 0.408 e. The number of rotatable bonds is 14. The van der Waals surface area contributed by atoms with Crippen molar-refractivity contribution >= 4 is 61.7 Å². The monoisotopic (exact) mass is 783 g/mol. The molecule has 2 aromatic heterocycles. The van der Waals surface area contributed by atoms with Crippen molar-refractivity contribution < 1.29 is 70.6 Å². The molecule has 3 rings (SSSR count). The maximum atomic E-state index is 13.1. The number of nitrogens with zero attached hydrogens (tertiary/aromatic N) is 3. The fourth-order valence-electron chi connectivity index (χ4n) is 4.19. The van der Waals surface area contributed by atoms with Gasteiger partial charge in [0.25, 0.3) is 5.56 Å². The third kappa shape index (κ3) is 10.8. The summed E-state index contributed by atoms with van der Waals surface area (Å²) in [6.45, 7) is 11.3. The quantitative estimate of drug-likeness (QED) is 0.100. The lowest BCUT2D eigenvalue weighted by atomic mass is 10.1. The van der Waals surface area contributed by atoms with Gasteiger partial charge in [0, 0.05) is 5.92 Å². The van der Waals surface area contributed by atoms with Gasteiger partial charge in [-0.3, -0.25) is 47.2 Å². The summed E-state index contributed by atoms with van der Waals surface area (Å²) in [5, 5.41) is 1.89. The van der Waals surface area contributed by atoms with Crippen LogP contribution in [0.4, 0.5) is 5.95 Å². The van der Waals surface area contributed by atoms with Gasteiger partial charge in [0.15, 0.2) is 37.5 Å². The SMILES string of the molecule is CC(C)C(=O)Nc1nc2c(ncn2C2OC(COP(=O)(O)CP(=O)(O)O)C(O[Si](C)(C)C(C)(C)C)C2OP(=O)(O)CP(=O)(O)O)c(=O)[nH]1. The molecule has 6 unspecified atom stereocenters. The van der Waals surface area contributed by atoms with Gasteiger partial charge < -0.3 is 43.0 Å². The molecule has 21 nitrogen and oxygen atoms in total. The normalized spacial score (nSPS) is 23.7. The summed E-state index contributed by atoms with van der Waals surface area (Å²) in [7, 11) is -23.3. The Morgan fingerprint density at radius 2 is 1.60 bits per heavy atom. The summed E-state index contributed by atoms with van der Waals surface area (Å²) in [5.41, 5.74) is -1.35. The molecule has 1 fully saturated rings. The van der Waals surface area contributed by atoms with Crippen LogP contribution in [0.2, 0.25) is 18.1 Å². The summed E-state index contributed by atoms with van der Waals surface area (Å²) in [4.78, 5) is 94.0. The van der Waals surface area contributed by atoms with Crippen LogP contribution >= 0.6 is 30.4 Å². The van der Waals surface area contributed by atoms with Gasteiger partial charge >= 0.3 is 30.4 Å². The van der Waals surface area contributed by atoms with Crippen molar-refractivity contribution in [2.24, 2.45) is 5.92 Å². The Balaban J connectivity index is 2.21.